The molecule has 0 saturated heterocycles. The molecule has 0 radical (unpaired) electrons. The molecule has 0 fully saturated rings. The largest absolute Gasteiger partial charge is 0.493 e. The Morgan fingerprint density at radius 3 is 1.94 bits per heavy atom. The summed E-state index contributed by atoms with van der Waals surface area (Å²) in [6, 6.07) is 18.3. The van der Waals surface area contributed by atoms with Crippen LogP contribution in [0.4, 0.5) is 8.78 Å². The molecule has 0 heterocycles. The number of aliphatic hydroxyl groups is 1. The van der Waals surface area contributed by atoms with E-state index in [1.165, 1.54) is 36.3 Å². The average Bonchev–Trinajstić information content (AvgIpc) is 2.88. The van der Waals surface area contributed by atoms with Gasteiger partial charge in [-0.2, -0.15) is 0 Å². The predicted molar refractivity (Wildman–Crippen MR) is 134 cm³/mol. The summed E-state index contributed by atoms with van der Waals surface area (Å²) in [7, 11) is 3.18. The molecule has 3 aromatic carbocycles. The molecule has 0 saturated carbocycles. The molecule has 0 aliphatic carbocycles. The van der Waals surface area contributed by atoms with Crippen molar-refractivity contribution in [1.82, 2.24) is 10.2 Å². The monoisotopic (exact) mass is 498 g/mol. The van der Waals surface area contributed by atoms with E-state index in [2.05, 4.69) is 5.32 Å². The van der Waals surface area contributed by atoms with Gasteiger partial charge in [0.15, 0.2) is 11.5 Å². The van der Waals surface area contributed by atoms with Crippen molar-refractivity contribution < 1.29 is 28.2 Å². The number of hydrogen-bond acceptors (Lipinski definition) is 5. The van der Waals surface area contributed by atoms with Crippen LogP contribution in [0.3, 0.4) is 0 Å². The lowest BCUT2D eigenvalue weighted by Crippen LogP contribution is -2.55. The number of nitrogens with one attached hydrogen (secondary N) is 1. The van der Waals surface area contributed by atoms with Crippen LogP contribution in [0.15, 0.2) is 72.8 Å². The second-order valence-electron chi connectivity index (χ2n) is 9.04. The zero-order valence-electron chi connectivity index (χ0n) is 20.9. The van der Waals surface area contributed by atoms with E-state index in [1.54, 1.807) is 63.4 Å². The van der Waals surface area contributed by atoms with Gasteiger partial charge in [-0.25, -0.2) is 8.78 Å². The highest BCUT2D eigenvalue weighted by molar-refractivity contribution is 5.86. The summed E-state index contributed by atoms with van der Waals surface area (Å²) in [6.07, 6.45) is -0.891. The number of nitrogens with zero attached hydrogens (tertiary/aromatic N) is 1. The SMILES string of the molecule is COc1ccccc1OCC(O)CNC(C)(C)C(=O)N(C)C(c1ccc(F)cc1)c1ccc(F)cc1. The van der Waals surface area contributed by atoms with E-state index in [1.807, 2.05) is 6.07 Å². The molecule has 0 aliphatic heterocycles. The molecule has 0 spiro atoms. The third-order valence-electron chi connectivity index (χ3n) is 5.89. The summed E-state index contributed by atoms with van der Waals surface area (Å²) in [5.74, 6) is 0.0193. The first-order valence-corrected chi connectivity index (χ1v) is 11.6. The van der Waals surface area contributed by atoms with Crippen LogP contribution in [0.25, 0.3) is 0 Å². The molecule has 6 nitrogen and oxygen atoms in total. The van der Waals surface area contributed by atoms with Gasteiger partial charge in [0, 0.05) is 13.6 Å². The number of carbonyl (C=O) groups excluding carboxylic acids is 1. The van der Waals surface area contributed by atoms with E-state index in [0.717, 1.165) is 0 Å². The summed E-state index contributed by atoms with van der Waals surface area (Å²) < 4.78 is 38.0. The molecule has 3 aromatic rings. The third-order valence-corrected chi connectivity index (χ3v) is 5.89. The number of hydrogen-bond donors (Lipinski definition) is 2. The minimum Gasteiger partial charge on any atom is -0.493 e. The summed E-state index contributed by atoms with van der Waals surface area (Å²) >= 11 is 0. The van der Waals surface area contributed by atoms with Gasteiger partial charge in [-0.3, -0.25) is 4.79 Å². The maximum atomic E-state index is 13.6. The van der Waals surface area contributed by atoms with Gasteiger partial charge in [-0.1, -0.05) is 36.4 Å². The quantitative estimate of drug-likeness (QED) is 0.412. The minimum absolute atomic E-state index is 0.00126. The molecule has 192 valence electrons. The van der Waals surface area contributed by atoms with E-state index >= 15 is 0 Å². The van der Waals surface area contributed by atoms with E-state index in [0.29, 0.717) is 22.6 Å². The number of benzene rings is 3. The summed E-state index contributed by atoms with van der Waals surface area (Å²) in [5.41, 5.74) is 0.304. The first kappa shape index (κ1) is 27.1. The van der Waals surface area contributed by atoms with Crippen molar-refractivity contribution in [3.05, 3.63) is 95.6 Å². The number of methoxy groups -OCH3 is 1. The Morgan fingerprint density at radius 2 is 1.44 bits per heavy atom. The number of rotatable bonds is 11. The van der Waals surface area contributed by atoms with Gasteiger partial charge in [0.25, 0.3) is 0 Å². The van der Waals surface area contributed by atoms with Crippen molar-refractivity contribution in [2.24, 2.45) is 0 Å². The predicted octanol–water partition coefficient (Wildman–Crippen LogP) is 4.33. The van der Waals surface area contributed by atoms with Crippen LogP contribution < -0.4 is 14.8 Å². The molecular formula is C28H32F2N2O4. The number of likely N-dealkylation sites (N-methyl/N-ethyl adjacent to an activating group) is 1. The van der Waals surface area contributed by atoms with Crippen molar-refractivity contribution in [3.8, 4) is 11.5 Å². The molecule has 3 rings (SSSR count). The fourth-order valence-electron chi connectivity index (χ4n) is 3.92. The highest BCUT2D eigenvalue weighted by atomic mass is 19.1. The average molecular weight is 499 g/mol. The summed E-state index contributed by atoms with van der Waals surface area (Å²) in [6.45, 7) is 3.53. The van der Waals surface area contributed by atoms with E-state index < -0.39 is 29.3 Å². The molecule has 0 bridgehead atoms. The smallest absolute Gasteiger partial charge is 0.242 e. The van der Waals surface area contributed by atoms with Gasteiger partial charge < -0.3 is 24.8 Å². The first-order chi connectivity index (χ1) is 17.1. The van der Waals surface area contributed by atoms with Crippen LogP contribution in [0.2, 0.25) is 0 Å². The topological polar surface area (TPSA) is 71.0 Å². The van der Waals surface area contributed by atoms with Gasteiger partial charge in [-0.15, -0.1) is 0 Å². The Morgan fingerprint density at radius 1 is 0.944 bits per heavy atom. The van der Waals surface area contributed by atoms with Crippen molar-refractivity contribution in [2.45, 2.75) is 31.5 Å². The van der Waals surface area contributed by atoms with E-state index in [9.17, 15) is 18.7 Å². The maximum Gasteiger partial charge on any atom is 0.242 e. The number of halogens is 2. The lowest BCUT2D eigenvalue weighted by molar-refractivity contribution is -0.137. The van der Waals surface area contributed by atoms with Gasteiger partial charge in [-0.05, 0) is 61.4 Å². The second kappa shape index (κ2) is 12.0. The van der Waals surface area contributed by atoms with E-state index in [4.69, 9.17) is 9.47 Å². The minimum atomic E-state index is -1.06. The van der Waals surface area contributed by atoms with E-state index in [-0.39, 0.29) is 19.1 Å². The zero-order valence-corrected chi connectivity index (χ0v) is 20.9. The highest BCUT2D eigenvalue weighted by Crippen LogP contribution is 2.30. The number of aliphatic hydroxyl groups excluding tert-OH is 1. The Bertz CT molecular complexity index is 1090. The number of para-hydroxylation sites is 2. The van der Waals surface area contributed by atoms with Crippen LogP contribution in [0.1, 0.15) is 31.0 Å². The number of amides is 1. The van der Waals surface area contributed by atoms with Gasteiger partial charge in [0.2, 0.25) is 5.91 Å². The van der Waals surface area contributed by atoms with Crippen molar-refractivity contribution in [2.75, 3.05) is 27.3 Å². The lowest BCUT2D eigenvalue weighted by Gasteiger charge is -2.36. The molecule has 0 aromatic heterocycles. The normalized spacial score (nSPS) is 12.3. The fourth-order valence-corrected chi connectivity index (χ4v) is 3.92. The third kappa shape index (κ3) is 6.80. The Hall–Kier alpha value is -3.49. The number of carbonyl (C=O) groups is 1. The zero-order chi connectivity index (χ0) is 26.3. The molecule has 2 N–H and O–H groups in total. The number of β-amino-alcohol motifs (C(OH)–C–C–N with tert-alkyl or cyclic N) is 1. The van der Waals surface area contributed by atoms with Crippen LogP contribution >= 0.6 is 0 Å². The molecule has 1 amide bonds. The Balaban J connectivity index is 1.69. The van der Waals surface area contributed by atoms with Crippen molar-refractivity contribution >= 4 is 5.91 Å². The standard InChI is InChI=1S/C28H32F2N2O4/c1-28(2,31-17-23(33)18-36-25-8-6-5-7-24(25)35-4)27(34)32(3)26(19-9-13-21(29)14-10-19)20-11-15-22(30)16-12-20/h5-16,23,26,31,33H,17-18H2,1-4H3. The van der Waals surface area contributed by atoms with Crippen LogP contribution in [0, 0.1) is 11.6 Å². The second-order valence-corrected chi connectivity index (χ2v) is 9.04. The molecule has 0 aliphatic rings. The maximum absolute atomic E-state index is 13.6. The molecule has 1 unspecified atom stereocenters. The molecular weight excluding hydrogens is 466 g/mol. The van der Waals surface area contributed by atoms with Crippen molar-refractivity contribution in [1.29, 1.82) is 0 Å². The fraction of sp³-hybridized carbons (Fsp3) is 0.321. The lowest BCUT2D eigenvalue weighted by atomic mass is 9.94. The van der Waals surface area contributed by atoms with Gasteiger partial charge >= 0.3 is 0 Å². The molecule has 1 atom stereocenters. The van der Waals surface area contributed by atoms with Crippen LogP contribution in [-0.4, -0.2) is 54.9 Å². The van der Waals surface area contributed by atoms with Gasteiger partial charge in [0.05, 0.1) is 18.7 Å². The van der Waals surface area contributed by atoms with Gasteiger partial charge in [0.1, 0.15) is 24.3 Å². The molecule has 8 heteroatoms. The number of ether oxygens (including phenoxy) is 2. The first-order valence-electron chi connectivity index (χ1n) is 11.6. The summed E-state index contributed by atoms with van der Waals surface area (Å²) in [5, 5.41) is 13.6. The van der Waals surface area contributed by atoms with Crippen LogP contribution in [-0.2, 0) is 4.79 Å². The van der Waals surface area contributed by atoms with Crippen LogP contribution in [0.5, 0.6) is 11.5 Å². The van der Waals surface area contributed by atoms with Crippen molar-refractivity contribution in [3.63, 3.8) is 0 Å². The highest BCUT2D eigenvalue weighted by Gasteiger charge is 2.35. The molecule has 36 heavy (non-hydrogen) atoms. The Kier molecular flexibility index (Phi) is 9.01. The summed E-state index contributed by atoms with van der Waals surface area (Å²) in [4.78, 5) is 15.1. The Labute approximate surface area is 210 Å².